The first-order valence-electron chi connectivity index (χ1n) is 9.30. The largest absolute Gasteiger partial charge is 0.353 e. The van der Waals surface area contributed by atoms with Crippen LogP contribution in [0.25, 0.3) is 10.2 Å². The Morgan fingerprint density at radius 2 is 2.08 bits per heavy atom. The second-order valence-corrected chi connectivity index (χ2v) is 9.55. The zero-order valence-electron chi connectivity index (χ0n) is 15.9. The molecular weight excluding hydrogens is 366 g/mol. The van der Waals surface area contributed by atoms with Gasteiger partial charge in [0.1, 0.15) is 4.83 Å². The molecule has 0 unspecified atom stereocenters. The van der Waals surface area contributed by atoms with E-state index in [0.717, 1.165) is 42.3 Å². The number of aromatic nitrogens is 2. The average Bonchev–Trinajstić information content (AvgIpc) is 3.15. The molecule has 0 fully saturated rings. The fourth-order valence-electron chi connectivity index (χ4n) is 3.34. The molecule has 0 saturated carbocycles. The second-order valence-electron chi connectivity index (χ2n) is 7.52. The van der Waals surface area contributed by atoms with Crippen molar-refractivity contribution in [1.82, 2.24) is 14.9 Å². The third kappa shape index (κ3) is 4.14. The number of hydrogen-bond acceptors (Lipinski definition) is 5. The lowest BCUT2D eigenvalue weighted by atomic mass is 10.0. The molecule has 2 heterocycles. The zero-order valence-corrected chi connectivity index (χ0v) is 17.6. The molecule has 1 atom stereocenters. The number of carbonyl (C=O) groups excluding carboxylic acids is 1. The summed E-state index contributed by atoms with van der Waals surface area (Å²) in [5.41, 5.74) is 1.22. The van der Waals surface area contributed by atoms with Crippen molar-refractivity contribution in [2.45, 2.75) is 64.1 Å². The van der Waals surface area contributed by atoms with E-state index in [9.17, 15) is 9.59 Å². The summed E-state index contributed by atoms with van der Waals surface area (Å²) in [5.74, 6) is 0.916. The van der Waals surface area contributed by atoms with Gasteiger partial charge in [-0.3, -0.25) is 14.2 Å². The molecule has 26 heavy (non-hydrogen) atoms. The van der Waals surface area contributed by atoms with Crippen molar-refractivity contribution in [3.8, 4) is 0 Å². The highest BCUT2D eigenvalue weighted by molar-refractivity contribution is 7.99. The van der Waals surface area contributed by atoms with Gasteiger partial charge in [-0.25, -0.2) is 4.98 Å². The lowest BCUT2D eigenvalue weighted by Gasteiger charge is -2.15. The quantitative estimate of drug-likeness (QED) is 0.577. The number of thiophene rings is 1. The van der Waals surface area contributed by atoms with E-state index in [2.05, 4.69) is 24.1 Å². The first-order valence-corrected chi connectivity index (χ1v) is 11.1. The summed E-state index contributed by atoms with van der Waals surface area (Å²) in [6.07, 6.45) is 5.25. The molecule has 1 amide bonds. The molecule has 0 saturated heterocycles. The van der Waals surface area contributed by atoms with Gasteiger partial charge in [-0.2, -0.15) is 0 Å². The molecule has 7 heteroatoms. The van der Waals surface area contributed by atoms with Crippen LogP contribution in [0.2, 0.25) is 0 Å². The van der Waals surface area contributed by atoms with Crippen LogP contribution in [0.15, 0.2) is 9.95 Å². The van der Waals surface area contributed by atoms with E-state index < -0.39 is 0 Å². The number of carbonyl (C=O) groups is 1. The number of rotatable bonds is 7. The van der Waals surface area contributed by atoms with Crippen LogP contribution in [0.1, 0.15) is 50.5 Å². The smallest absolute Gasteiger partial charge is 0.262 e. The summed E-state index contributed by atoms with van der Waals surface area (Å²) in [6.45, 7) is 6.42. The summed E-state index contributed by atoms with van der Waals surface area (Å²) < 4.78 is 1.59. The van der Waals surface area contributed by atoms with E-state index in [-0.39, 0.29) is 23.3 Å². The van der Waals surface area contributed by atoms with Crippen molar-refractivity contribution >= 4 is 39.2 Å². The molecule has 5 nitrogen and oxygen atoms in total. The van der Waals surface area contributed by atoms with E-state index in [1.165, 1.54) is 22.2 Å². The van der Waals surface area contributed by atoms with E-state index >= 15 is 0 Å². The Morgan fingerprint density at radius 3 is 2.81 bits per heavy atom. The van der Waals surface area contributed by atoms with Gasteiger partial charge in [0.2, 0.25) is 5.91 Å². The molecule has 0 radical (unpaired) electrons. The van der Waals surface area contributed by atoms with Crippen LogP contribution in [-0.2, 0) is 24.7 Å². The van der Waals surface area contributed by atoms with Crippen LogP contribution >= 0.6 is 23.1 Å². The standard InChI is InChI=1S/C19H27N3O2S2/c1-11(2)8-9-12(3)20-15(23)10-25-19-21-17-16(18(24)22(19)4)13-6-5-7-14(13)26-17/h11-12H,5-10H2,1-4H3,(H,20,23)/t12-/m0/s1. The zero-order chi connectivity index (χ0) is 18.8. The minimum atomic E-state index is -0.00530. The predicted molar refractivity (Wildman–Crippen MR) is 109 cm³/mol. The summed E-state index contributed by atoms with van der Waals surface area (Å²) in [4.78, 5) is 31.8. The summed E-state index contributed by atoms with van der Waals surface area (Å²) in [5, 5.41) is 4.45. The fraction of sp³-hybridized carbons (Fsp3) is 0.632. The maximum Gasteiger partial charge on any atom is 0.262 e. The van der Waals surface area contributed by atoms with Crippen LogP contribution in [0.3, 0.4) is 0 Å². The topological polar surface area (TPSA) is 64.0 Å². The van der Waals surface area contributed by atoms with E-state index in [0.29, 0.717) is 11.1 Å². The van der Waals surface area contributed by atoms with Gasteiger partial charge in [-0.15, -0.1) is 11.3 Å². The minimum absolute atomic E-state index is 0.00530. The van der Waals surface area contributed by atoms with Crippen molar-refractivity contribution in [3.63, 3.8) is 0 Å². The van der Waals surface area contributed by atoms with Crippen molar-refractivity contribution in [2.24, 2.45) is 13.0 Å². The SMILES string of the molecule is CC(C)CC[C@H](C)NC(=O)CSc1nc2sc3c(c2c(=O)n1C)CCC3. The molecule has 0 aromatic carbocycles. The van der Waals surface area contributed by atoms with Crippen LogP contribution < -0.4 is 10.9 Å². The van der Waals surface area contributed by atoms with E-state index in [1.807, 2.05) is 6.92 Å². The fourth-order valence-corrected chi connectivity index (χ4v) is 5.42. The van der Waals surface area contributed by atoms with Crippen LogP contribution in [0, 0.1) is 5.92 Å². The molecule has 1 N–H and O–H groups in total. The Bertz CT molecular complexity index is 870. The van der Waals surface area contributed by atoms with Crippen LogP contribution in [-0.4, -0.2) is 27.3 Å². The Labute approximate surface area is 162 Å². The Kier molecular flexibility index (Phi) is 6.07. The van der Waals surface area contributed by atoms with Gasteiger partial charge >= 0.3 is 0 Å². The summed E-state index contributed by atoms with van der Waals surface area (Å²) >= 11 is 2.98. The van der Waals surface area contributed by atoms with Gasteiger partial charge < -0.3 is 5.32 Å². The van der Waals surface area contributed by atoms with Crippen molar-refractivity contribution < 1.29 is 4.79 Å². The summed E-state index contributed by atoms with van der Waals surface area (Å²) in [6, 6.07) is 0.171. The maximum atomic E-state index is 12.8. The van der Waals surface area contributed by atoms with Gasteiger partial charge in [-0.05, 0) is 50.5 Å². The Morgan fingerprint density at radius 1 is 1.31 bits per heavy atom. The Hall–Kier alpha value is -1.34. The van der Waals surface area contributed by atoms with Gasteiger partial charge in [-0.1, -0.05) is 25.6 Å². The average molecular weight is 394 g/mol. The molecule has 0 spiro atoms. The molecule has 0 bridgehead atoms. The number of hydrogen-bond donors (Lipinski definition) is 1. The van der Waals surface area contributed by atoms with Crippen molar-refractivity contribution in [1.29, 1.82) is 0 Å². The number of amides is 1. The first kappa shape index (κ1) is 19.4. The van der Waals surface area contributed by atoms with Crippen molar-refractivity contribution in [2.75, 3.05) is 5.75 Å². The lowest BCUT2D eigenvalue weighted by molar-refractivity contribution is -0.119. The van der Waals surface area contributed by atoms with E-state index in [1.54, 1.807) is 23.0 Å². The number of thioether (sulfide) groups is 1. The second kappa shape index (κ2) is 8.13. The number of nitrogens with one attached hydrogen (secondary N) is 1. The normalized spacial score (nSPS) is 14.8. The van der Waals surface area contributed by atoms with Gasteiger partial charge in [0.25, 0.3) is 5.56 Å². The van der Waals surface area contributed by atoms with E-state index in [4.69, 9.17) is 0 Å². The van der Waals surface area contributed by atoms with Gasteiger partial charge in [0, 0.05) is 18.0 Å². The number of nitrogens with zero attached hydrogens (tertiary/aromatic N) is 2. The third-order valence-electron chi connectivity index (χ3n) is 4.82. The first-order chi connectivity index (χ1) is 12.4. The minimum Gasteiger partial charge on any atom is -0.353 e. The number of aryl methyl sites for hydroxylation is 2. The molecular formula is C19H27N3O2S2. The molecule has 1 aliphatic carbocycles. The molecule has 2 aromatic heterocycles. The summed E-state index contributed by atoms with van der Waals surface area (Å²) in [7, 11) is 1.75. The highest BCUT2D eigenvalue weighted by Crippen LogP contribution is 2.35. The van der Waals surface area contributed by atoms with Crippen molar-refractivity contribution in [3.05, 3.63) is 20.8 Å². The highest BCUT2D eigenvalue weighted by atomic mass is 32.2. The number of fused-ring (bicyclic) bond motifs is 3. The Balaban J connectivity index is 1.67. The predicted octanol–water partition coefficient (Wildman–Crippen LogP) is 3.52. The maximum absolute atomic E-state index is 12.8. The van der Waals surface area contributed by atoms with Crippen LogP contribution in [0.4, 0.5) is 0 Å². The lowest BCUT2D eigenvalue weighted by Crippen LogP contribution is -2.34. The van der Waals surface area contributed by atoms with Crippen LogP contribution in [0.5, 0.6) is 0 Å². The molecule has 142 valence electrons. The molecule has 0 aliphatic heterocycles. The highest BCUT2D eigenvalue weighted by Gasteiger charge is 2.22. The van der Waals surface area contributed by atoms with Gasteiger partial charge in [0.05, 0.1) is 11.1 Å². The third-order valence-corrected chi connectivity index (χ3v) is 7.04. The monoisotopic (exact) mass is 393 g/mol. The van der Waals surface area contributed by atoms with Gasteiger partial charge in [0.15, 0.2) is 5.16 Å². The molecule has 1 aliphatic rings. The molecule has 2 aromatic rings. The molecule has 3 rings (SSSR count).